The Kier molecular flexibility index (Phi) is 3.30. The monoisotopic (exact) mass is 266 g/mol. The zero-order valence-electron chi connectivity index (χ0n) is 10.4. The third-order valence-electron chi connectivity index (χ3n) is 3.46. The molecular formula is C13H15ClN2O2. The van der Waals surface area contributed by atoms with Crippen LogP contribution in [-0.2, 0) is 4.79 Å². The minimum Gasteiger partial charge on any atom is -0.323 e. The molecule has 1 aromatic carbocycles. The standard InChI is InChI=1S/C13H15ClN2O2/c1-3-13(4-2)11(17)16(12(18)15-13)10-8-6-5-7-9(10)14/h5-8H,3-4H2,1-2H3,(H,15,18). The van der Waals surface area contributed by atoms with Gasteiger partial charge < -0.3 is 5.32 Å². The van der Waals surface area contributed by atoms with Gasteiger partial charge in [-0.3, -0.25) is 4.79 Å². The van der Waals surface area contributed by atoms with Crippen LogP contribution in [0.15, 0.2) is 24.3 Å². The van der Waals surface area contributed by atoms with Gasteiger partial charge in [0, 0.05) is 0 Å². The average Bonchev–Trinajstić information content (AvgIpc) is 2.62. The van der Waals surface area contributed by atoms with Crippen molar-refractivity contribution in [3.05, 3.63) is 29.3 Å². The SMILES string of the molecule is CCC1(CC)NC(=O)N(c2ccccc2Cl)C1=O. The molecule has 0 unspecified atom stereocenters. The van der Waals surface area contributed by atoms with Crippen LogP contribution < -0.4 is 10.2 Å². The fraction of sp³-hybridized carbons (Fsp3) is 0.385. The lowest BCUT2D eigenvalue weighted by molar-refractivity contribution is -0.122. The molecule has 0 spiro atoms. The number of urea groups is 1. The Bertz CT molecular complexity index is 498. The van der Waals surface area contributed by atoms with Crippen molar-refractivity contribution in [3.63, 3.8) is 0 Å². The summed E-state index contributed by atoms with van der Waals surface area (Å²) in [5.74, 6) is -0.231. The highest BCUT2D eigenvalue weighted by Crippen LogP contribution is 2.33. The number of halogens is 1. The lowest BCUT2D eigenvalue weighted by atomic mass is 9.93. The van der Waals surface area contributed by atoms with Gasteiger partial charge in [0.2, 0.25) is 0 Å². The summed E-state index contributed by atoms with van der Waals surface area (Å²) in [5, 5.41) is 3.16. The van der Waals surface area contributed by atoms with Crippen LogP contribution in [0.3, 0.4) is 0 Å². The van der Waals surface area contributed by atoms with E-state index in [1.54, 1.807) is 24.3 Å². The Morgan fingerprint density at radius 3 is 2.33 bits per heavy atom. The lowest BCUT2D eigenvalue weighted by Gasteiger charge is -2.23. The molecule has 0 saturated carbocycles. The summed E-state index contributed by atoms with van der Waals surface area (Å²) in [6, 6.07) is 6.43. The number of anilines is 1. The largest absolute Gasteiger partial charge is 0.329 e. The first kappa shape index (κ1) is 12.9. The summed E-state index contributed by atoms with van der Waals surface area (Å²) in [6.45, 7) is 3.77. The maximum atomic E-state index is 12.4. The summed E-state index contributed by atoms with van der Waals surface area (Å²) >= 11 is 6.04. The molecule has 4 nitrogen and oxygen atoms in total. The molecule has 1 N–H and O–H groups in total. The quantitative estimate of drug-likeness (QED) is 0.855. The molecule has 1 aliphatic rings. The van der Waals surface area contributed by atoms with Gasteiger partial charge in [0.25, 0.3) is 5.91 Å². The maximum Gasteiger partial charge on any atom is 0.329 e. The van der Waals surface area contributed by atoms with E-state index in [9.17, 15) is 9.59 Å². The first-order chi connectivity index (χ1) is 8.55. The third-order valence-corrected chi connectivity index (χ3v) is 3.78. The van der Waals surface area contributed by atoms with Gasteiger partial charge in [-0.1, -0.05) is 37.6 Å². The van der Waals surface area contributed by atoms with Crippen molar-refractivity contribution in [2.24, 2.45) is 0 Å². The first-order valence-corrected chi connectivity index (χ1v) is 6.34. The van der Waals surface area contributed by atoms with E-state index in [2.05, 4.69) is 5.32 Å². The lowest BCUT2D eigenvalue weighted by Crippen LogP contribution is -2.45. The van der Waals surface area contributed by atoms with Crippen molar-refractivity contribution in [1.29, 1.82) is 0 Å². The van der Waals surface area contributed by atoms with Crippen molar-refractivity contribution < 1.29 is 9.59 Å². The minimum absolute atomic E-state index is 0.231. The summed E-state index contributed by atoms with van der Waals surface area (Å²) < 4.78 is 0. The fourth-order valence-electron chi connectivity index (χ4n) is 2.20. The van der Waals surface area contributed by atoms with E-state index < -0.39 is 11.6 Å². The summed E-state index contributed by atoms with van der Waals surface area (Å²) in [6.07, 6.45) is 1.13. The van der Waals surface area contributed by atoms with Crippen LogP contribution in [0.4, 0.5) is 10.5 Å². The van der Waals surface area contributed by atoms with Gasteiger partial charge in [0.15, 0.2) is 0 Å². The van der Waals surface area contributed by atoms with Gasteiger partial charge in [-0.25, -0.2) is 9.69 Å². The van der Waals surface area contributed by atoms with Crippen LogP contribution in [0.5, 0.6) is 0 Å². The molecule has 2 rings (SSSR count). The van der Waals surface area contributed by atoms with Gasteiger partial charge in [-0.15, -0.1) is 0 Å². The number of hydrogen-bond acceptors (Lipinski definition) is 2. The van der Waals surface area contributed by atoms with Crippen LogP contribution in [0.2, 0.25) is 5.02 Å². The van der Waals surface area contributed by atoms with Crippen molar-refractivity contribution in [2.75, 3.05) is 4.90 Å². The van der Waals surface area contributed by atoms with Gasteiger partial charge in [-0.05, 0) is 25.0 Å². The van der Waals surface area contributed by atoms with E-state index >= 15 is 0 Å². The molecule has 0 radical (unpaired) electrons. The Balaban J connectivity index is 2.45. The molecule has 3 amide bonds. The predicted molar refractivity (Wildman–Crippen MR) is 70.8 cm³/mol. The Morgan fingerprint density at radius 2 is 1.83 bits per heavy atom. The molecule has 0 atom stereocenters. The number of para-hydroxylation sites is 1. The number of carbonyl (C=O) groups is 2. The molecule has 0 aliphatic carbocycles. The zero-order valence-corrected chi connectivity index (χ0v) is 11.1. The van der Waals surface area contributed by atoms with Crippen LogP contribution in [-0.4, -0.2) is 17.5 Å². The number of imide groups is 1. The van der Waals surface area contributed by atoms with E-state index in [0.29, 0.717) is 23.6 Å². The third kappa shape index (κ3) is 1.77. The van der Waals surface area contributed by atoms with Gasteiger partial charge in [0.05, 0.1) is 10.7 Å². The molecule has 1 fully saturated rings. The molecule has 1 saturated heterocycles. The maximum absolute atomic E-state index is 12.4. The summed E-state index contributed by atoms with van der Waals surface area (Å²) in [5.41, 5.74) is -0.360. The second-order valence-electron chi connectivity index (χ2n) is 4.31. The van der Waals surface area contributed by atoms with Gasteiger partial charge in [0.1, 0.15) is 5.54 Å². The second-order valence-corrected chi connectivity index (χ2v) is 4.72. The summed E-state index contributed by atoms with van der Waals surface area (Å²) in [7, 11) is 0. The predicted octanol–water partition coefficient (Wildman–Crippen LogP) is 2.96. The van der Waals surface area contributed by atoms with Crippen molar-refractivity contribution in [3.8, 4) is 0 Å². The van der Waals surface area contributed by atoms with Crippen LogP contribution in [0.25, 0.3) is 0 Å². The molecule has 0 bridgehead atoms. The Labute approximate surface area is 111 Å². The normalized spacial score (nSPS) is 18.1. The number of nitrogens with one attached hydrogen (secondary N) is 1. The number of carbonyl (C=O) groups excluding carboxylic acids is 2. The van der Waals surface area contributed by atoms with E-state index in [-0.39, 0.29) is 5.91 Å². The number of amides is 3. The minimum atomic E-state index is -0.795. The molecule has 1 aromatic rings. The number of nitrogens with zero attached hydrogens (tertiary/aromatic N) is 1. The molecule has 1 aliphatic heterocycles. The topological polar surface area (TPSA) is 49.4 Å². The highest BCUT2D eigenvalue weighted by atomic mass is 35.5. The first-order valence-electron chi connectivity index (χ1n) is 5.97. The highest BCUT2D eigenvalue weighted by Gasteiger charge is 2.49. The second kappa shape index (κ2) is 4.61. The van der Waals surface area contributed by atoms with Gasteiger partial charge >= 0.3 is 6.03 Å². The Hall–Kier alpha value is -1.55. The van der Waals surface area contributed by atoms with Crippen LogP contribution >= 0.6 is 11.6 Å². The Morgan fingerprint density at radius 1 is 1.22 bits per heavy atom. The molecule has 18 heavy (non-hydrogen) atoms. The van der Waals surface area contributed by atoms with E-state index in [1.807, 2.05) is 13.8 Å². The molecule has 0 aromatic heterocycles. The van der Waals surface area contributed by atoms with E-state index in [0.717, 1.165) is 4.90 Å². The zero-order chi connectivity index (χ0) is 13.3. The van der Waals surface area contributed by atoms with E-state index in [1.165, 1.54) is 0 Å². The van der Waals surface area contributed by atoms with Crippen LogP contribution in [0.1, 0.15) is 26.7 Å². The van der Waals surface area contributed by atoms with Crippen molar-refractivity contribution >= 4 is 29.2 Å². The number of rotatable bonds is 3. The van der Waals surface area contributed by atoms with E-state index in [4.69, 9.17) is 11.6 Å². The molecule has 96 valence electrons. The van der Waals surface area contributed by atoms with Gasteiger partial charge in [-0.2, -0.15) is 0 Å². The average molecular weight is 267 g/mol. The van der Waals surface area contributed by atoms with Crippen LogP contribution in [0, 0.1) is 0 Å². The smallest absolute Gasteiger partial charge is 0.323 e. The fourth-order valence-corrected chi connectivity index (χ4v) is 2.42. The van der Waals surface area contributed by atoms with Crippen molar-refractivity contribution in [2.45, 2.75) is 32.2 Å². The van der Waals surface area contributed by atoms with Crippen molar-refractivity contribution in [1.82, 2.24) is 5.32 Å². The highest BCUT2D eigenvalue weighted by molar-refractivity contribution is 6.36. The number of hydrogen-bond donors (Lipinski definition) is 1. The molecule has 1 heterocycles. The molecular weight excluding hydrogens is 252 g/mol. The number of benzene rings is 1. The summed E-state index contributed by atoms with van der Waals surface area (Å²) in [4.78, 5) is 25.6. The molecule has 5 heteroatoms.